The SMILES string of the molecule is CC(NC(=O)Nc1ccc(F)c(C(=O)O)c1)c1cccs1. The van der Waals surface area contributed by atoms with E-state index in [4.69, 9.17) is 5.11 Å². The van der Waals surface area contributed by atoms with E-state index in [-0.39, 0.29) is 11.7 Å². The molecular formula is C14H13FN2O3S. The van der Waals surface area contributed by atoms with Gasteiger partial charge in [0.2, 0.25) is 0 Å². The molecule has 0 aliphatic rings. The van der Waals surface area contributed by atoms with Crippen LogP contribution in [0.4, 0.5) is 14.9 Å². The fraction of sp³-hybridized carbons (Fsp3) is 0.143. The topological polar surface area (TPSA) is 78.4 Å². The largest absolute Gasteiger partial charge is 0.478 e. The van der Waals surface area contributed by atoms with Crippen LogP contribution in [0.1, 0.15) is 28.2 Å². The zero-order chi connectivity index (χ0) is 15.4. The zero-order valence-corrected chi connectivity index (χ0v) is 11.9. The van der Waals surface area contributed by atoms with Gasteiger partial charge in [-0.25, -0.2) is 14.0 Å². The van der Waals surface area contributed by atoms with Gasteiger partial charge < -0.3 is 15.7 Å². The van der Waals surface area contributed by atoms with Crippen LogP contribution in [0, 0.1) is 5.82 Å². The number of thiophene rings is 1. The van der Waals surface area contributed by atoms with Crippen LogP contribution in [0.15, 0.2) is 35.7 Å². The molecule has 0 bridgehead atoms. The number of carbonyl (C=O) groups is 2. The maximum Gasteiger partial charge on any atom is 0.338 e. The Morgan fingerprint density at radius 2 is 2.10 bits per heavy atom. The summed E-state index contributed by atoms with van der Waals surface area (Å²) in [4.78, 5) is 23.6. The van der Waals surface area contributed by atoms with Gasteiger partial charge in [0.1, 0.15) is 5.82 Å². The first-order valence-electron chi connectivity index (χ1n) is 6.11. The molecular weight excluding hydrogens is 295 g/mol. The summed E-state index contributed by atoms with van der Waals surface area (Å²) in [5.74, 6) is -2.23. The van der Waals surface area contributed by atoms with Crippen LogP contribution in [0.25, 0.3) is 0 Å². The van der Waals surface area contributed by atoms with Crippen molar-refractivity contribution in [3.05, 3.63) is 52.0 Å². The molecule has 1 unspecified atom stereocenters. The van der Waals surface area contributed by atoms with Crippen molar-refractivity contribution in [1.29, 1.82) is 0 Å². The maximum absolute atomic E-state index is 13.2. The van der Waals surface area contributed by atoms with Gasteiger partial charge in [-0.15, -0.1) is 11.3 Å². The molecule has 7 heteroatoms. The minimum Gasteiger partial charge on any atom is -0.478 e. The first-order chi connectivity index (χ1) is 9.97. The second-order valence-electron chi connectivity index (χ2n) is 4.34. The summed E-state index contributed by atoms with van der Waals surface area (Å²) < 4.78 is 13.2. The molecule has 110 valence electrons. The summed E-state index contributed by atoms with van der Waals surface area (Å²) in [5, 5.41) is 15.9. The smallest absolute Gasteiger partial charge is 0.338 e. The summed E-state index contributed by atoms with van der Waals surface area (Å²) in [7, 11) is 0. The third kappa shape index (κ3) is 3.79. The number of urea groups is 1. The Bertz CT molecular complexity index is 658. The quantitative estimate of drug-likeness (QED) is 0.809. The molecule has 1 aromatic carbocycles. The molecule has 5 nitrogen and oxygen atoms in total. The van der Waals surface area contributed by atoms with Crippen molar-refractivity contribution in [3.8, 4) is 0 Å². The Hall–Kier alpha value is -2.41. The minimum absolute atomic E-state index is 0.176. The molecule has 0 aliphatic carbocycles. The lowest BCUT2D eigenvalue weighted by Crippen LogP contribution is -2.30. The lowest BCUT2D eigenvalue weighted by molar-refractivity contribution is 0.0692. The molecule has 0 saturated carbocycles. The summed E-state index contributed by atoms with van der Waals surface area (Å²) >= 11 is 1.52. The molecule has 0 fully saturated rings. The number of carbonyl (C=O) groups excluding carboxylic acids is 1. The Morgan fingerprint density at radius 3 is 2.71 bits per heavy atom. The van der Waals surface area contributed by atoms with Gasteiger partial charge in [-0.3, -0.25) is 0 Å². The van der Waals surface area contributed by atoms with Crippen molar-refractivity contribution in [2.45, 2.75) is 13.0 Å². The molecule has 2 aromatic rings. The monoisotopic (exact) mass is 308 g/mol. The normalized spacial score (nSPS) is 11.7. The van der Waals surface area contributed by atoms with Crippen LogP contribution < -0.4 is 10.6 Å². The first kappa shape index (κ1) is 15.0. The Labute approximate surface area is 124 Å². The maximum atomic E-state index is 13.2. The van der Waals surface area contributed by atoms with Crippen molar-refractivity contribution in [2.75, 3.05) is 5.32 Å². The summed E-state index contributed by atoms with van der Waals surface area (Å²) in [6.07, 6.45) is 0. The van der Waals surface area contributed by atoms with Gasteiger partial charge in [-0.05, 0) is 36.6 Å². The number of nitrogens with one attached hydrogen (secondary N) is 2. The van der Waals surface area contributed by atoms with Crippen LogP contribution in [0.2, 0.25) is 0 Å². The molecule has 1 aromatic heterocycles. The average molecular weight is 308 g/mol. The van der Waals surface area contributed by atoms with Gasteiger partial charge in [0, 0.05) is 10.6 Å². The molecule has 0 radical (unpaired) electrons. The lowest BCUT2D eigenvalue weighted by Gasteiger charge is -2.13. The number of carboxylic acids is 1. The number of hydrogen-bond acceptors (Lipinski definition) is 3. The average Bonchev–Trinajstić information content (AvgIpc) is 2.94. The third-order valence-corrected chi connectivity index (χ3v) is 3.83. The van der Waals surface area contributed by atoms with E-state index < -0.39 is 23.4 Å². The van der Waals surface area contributed by atoms with E-state index in [1.807, 2.05) is 24.4 Å². The summed E-state index contributed by atoms with van der Waals surface area (Å²) in [6, 6.07) is 6.50. The molecule has 3 N–H and O–H groups in total. The van der Waals surface area contributed by atoms with E-state index in [0.29, 0.717) is 0 Å². The molecule has 0 aliphatic heterocycles. The van der Waals surface area contributed by atoms with Gasteiger partial charge in [0.05, 0.1) is 11.6 Å². The third-order valence-electron chi connectivity index (χ3n) is 2.77. The summed E-state index contributed by atoms with van der Waals surface area (Å²) in [5.41, 5.74) is -0.274. The van der Waals surface area contributed by atoms with Gasteiger partial charge in [0.25, 0.3) is 0 Å². The fourth-order valence-electron chi connectivity index (χ4n) is 1.74. The second kappa shape index (κ2) is 6.36. The highest BCUT2D eigenvalue weighted by Crippen LogP contribution is 2.19. The van der Waals surface area contributed by atoms with Gasteiger partial charge in [-0.2, -0.15) is 0 Å². The van der Waals surface area contributed by atoms with E-state index in [1.54, 1.807) is 0 Å². The second-order valence-corrected chi connectivity index (χ2v) is 5.31. The van der Waals surface area contributed by atoms with E-state index in [0.717, 1.165) is 17.0 Å². The predicted molar refractivity (Wildman–Crippen MR) is 78.2 cm³/mol. The van der Waals surface area contributed by atoms with Gasteiger partial charge in [0.15, 0.2) is 0 Å². The zero-order valence-electron chi connectivity index (χ0n) is 11.1. The number of aromatic carboxylic acids is 1. The van der Waals surface area contributed by atoms with Gasteiger partial charge >= 0.3 is 12.0 Å². The van der Waals surface area contributed by atoms with Crippen molar-refractivity contribution in [1.82, 2.24) is 5.32 Å². The fourth-order valence-corrected chi connectivity index (χ4v) is 2.47. The molecule has 1 heterocycles. The number of rotatable bonds is 4. The molecule has 21 heavy (non-hydrogen) atoms. The van der Waals surface area contributed by atoms with Crippen LogP contribution >= 0.6 is 11.3 Å². The van der Waals surface area contributed by atoms with E-state index in [1.165, 1.54) is 17.4 Å². The highest BCUT2D eigenvalue weighted by molar-refractivity contribution is 7.10. The number of carboxylic acid groups (broad SMARTS) is 1. The highest BCUT2D eigenvalue weighted by atomic mass is 32.1. The van der Waals surface area contributed by atoms with Crippen LogP contribution in [-0.4, -0.2) is 17.1 Å². The molecule has 0 saturated heterocycles. The Balaban J connectivity index is 2.03. The first-order valence-corrected chi connectivity index (χ1v) is 6.99. The lowest BCUT2D eigenvalue weighted by atomic mass is 10.2. The minimum atomic E-state index is -1.39. The predicted octanol–water partition coefficient (Wildman–Crippen LogP) is 3.47. The van der Waals surface area contributed by atoms with E-state index in [9.17, 15) is 14.0 Å². The van der Waals surface area contributed by atoms with E-state index >= 15 is 0 Å². The Kier molecular flexibility index (Phi) is 4.54. The highest BCUT2D eigenvalue weighted by Gasteiger charge is 2.13. The van der Waals surface area contributed by atoms with Crippen molar-refractivity contribution < 1.29 is 19.1 Å². The van der Waals surface area contributed by atoms with Crippen molar-refractivity contribution in [2.24, 2.45) is 0 Å². The van der Waals surface area contributed by atoms with Crippen LogP contribution in [-0.2, 0) is 0 Å². The molecule has 2 rings (SSSR count). The molecule has 2 amide bonds. The van der Waals surface area contributed by atoms with E-state index in [2.05, 4.69) is 10.6 Å². The van der Waals surface area contributed by atoms with Crippen molar-refractivity contribution in [3.63, 3.8) is 0 Å². The van der Waals surface area contributed by atoms with Crippen LogP contribution in [0.3, 0.4) is 0 Å². The van der Waals surface area contributed by atoms with Crippen LogP contribution in [0.5, 0.6) is 0 Å². The molecule has 1 atom stereocenters. The number of hydrogen-bond donors (Lipinski definition) is 3. The number of amides is 2. The standard InChI is InChI=1S/C14H13FN2O3S/c1-8(12-3-2-6-21-12)16-14(20)17-9-4-5-11(15)10(7-9)13(18)19/h2-8H,1H3,(H,18,19)(H2,16,17,20). The summed E-state index contributed by atoms with van der Waals surface area (Å²) in [6.45, 7) is 1.83. The number of benzene rings is 1. The van der Waals surface area contributed by atoms with Gasteiger partial charge in [-0.1, -0.05) is 6.07 Å². The number of halogens is 1. The van der Waals surface area contributed by atoms with Crippen molar-refractivity contribution >= 4 is 29.0 Å². The Morgan fingerprint density at radius 1 is 1.33 bits per heavy atom. The molecule has 0 spiro atoms. The number of anilines is 1.